The van der Waals surface area contributed by atoms with Crippen molar-refractivity contribution in [2.45, 2.75) is 13.8 Å². The number of nitrogens with zero attached hydrogens (tertiary/aromatic N) is 3. The number of aryl methyl sites for hydroxylation is 1. The second kappa shape index (κ2) is 9.68. The monoisotopic (exact) mass is 522 g/mol. The van der Waals surface area contributed by atoms with Crippen molar-refractivity contribution in [1.29, 1.82) is 0 Å². The quantitative estimate of drug-likeness (QED) is 0.203. The van der Waals surface area contributed by atoms with Gasteiger partial charge in [0.15, 0.2) is 0 Å². The lowest BCUT2D eigenvalue weighted by Crippen LogP contribution is -2.18. The molecule has 6 heteroatoms. The second-order valence-corrected chi connectivity index (χ2v) is 9.19. The van der Waals surface area contributed by atoms with Gasteiger partial charge < -0.3 is 4.57 Å². The largest absolute Gasteiger partial charge is 0.318 e. The summed E-state index contributed by atoms with van der Waals surface area (Å²) in [7, 11) is 0. The van der Waals surface area contributed by atoms with E-state index in [-0.39, 0.29) is 5.91 Å². The van der Waals surface area contributed by atoms with Gasteiger partial charge in [-0.25, -0.2) is 10.4 Å². The van der Waals surface area contributed by atoms with E-state index >= 15 is 0 Å². The molecule has 1 N–H and O–H groups in total. The molecule has 2 heterocycles. The van der Waals surface area contributed by atoms with Crippen LogP contribution < -0.4 is 5.43 Å². The number of benzene rings is 3. The third-order valence-electron chi connectivity index (χ3n) is 5.96. The Morgan fingerprint density at radius 2 is 1.66 bits per heavy atom. The maximum atomic E-state index is 13.2. The van der Waals surface area contributed by atoms with E-state index in [4.69, 9.17) is 4.98 Å². The number of hydrazone groups is 1. The van der Waals surface area contributed by atoms with Crippen LogP contribution in [0.2, 0.25) is 0 Å². The van der Waals surface area contributed by atoms with E-state index in [0.717, 1.165) is 49.3 Å². The molecule has 0 saturated carbocycles. The SMILES string of the molecule is Cc1cc(/C=N\NC(=O)c2cc(-c3ccccc3)nc3ccccc23)c(C)n1-c1ccc(Br)cc1. The zero-order valence-electron chi connectivity index (χ0n) is 19.4. The zero-order chi connectivity index (χ0) is 24.4. The van der Waals surface area contributed by atoms with Crippen LogP contribution in [0.25, 0.3) is 27.8 Å². The maximum absolute atomic E-state index is 13.2. The minimum Gasteiger partial charge on any atom is -0.318 e. The highest BCUT2D eigenvalue weighted by Crippen LogP contribution is 2.25. The van der Waals surface area contributed by atoms with Gasteiger partial charge in [-0.05, 0) is 56.3 Å². The molecule has 0 spiro atoms. The molecule has 0 atom stereocenters. The van der Waals surface area contributed by atoms with E-state index < -0.39 is 0 Å². The highest BCUT2D eigenvalue weighted by Gasteiger charge is 2.14. The highest BCUT2D eigenvalue weighted by molar-refractivity contribution is 9.10. The van der Waals surface area contributed by atoms with Gasteiger partial charge in [-0.2, -0.15) is 5.10 Å². The Hall–Kier alpha value is -4.03. The van der Waals surface area contributed by atoms with Gasteiger partial charge in [-0.1, -0.05) is 64.5 Å². The van der Waals surface area contributed by atoms with Crippen LogP contribution in [0.5, 0.6) is 0 Å². The molecule has 1 amide bonds. The summed E-state index contributed by atoms with van der Waals surface area (Å²) < 4.78 is 3.20. The fourth-order valence-corrected chi connectivity index (χ4v) is 4.51. The van der Waals surface area contributed by atoms with Gasteiger partial charge in [0.25, 0.3) is 5.91 Å². The van der Waals surface area contributed by atoms with E-state index in [2.05, 4.69) is 56.1 Å². The molecule has 5 aromatic rings. The van der Waals surface area contributed by atoms with Gasteiger partial charge >= 0.3 is 0 Å². The molecule has 0 aliphatic heterocycles. The van der Waals surface area contributed by atoms with Gasteiger partial charge in [0.2, 0.25) is 0 Å². The lowest BCUT2D eigenvalue weighted by molar-refractivity contribution is 0.0956. The van der Waals surface area contributed by atoms with E-state index in [1.165, 1.54) is 0 Å². The maximum Gasteiger partial charge on any atom is 0.272 e. The first-order valence-electron chi connectivity index (χ1n) is 11.2. The fraction of sp³-hybridized carbons (Fsp3) is 0.0690. The molecule has 0 saturated heterocycles. The van der Waals surface area contributed by atoms with Gasteiger partial charge in [0.1, 0.15) is 0 Å². The van der Waals surface area contributed by atoms with Gasteiger partial charge in [0, 0.05) is 38.1 Å². The Balaban J connectivity index is 1.43. The van der Waals surface area contributed by atoms with E-state index in [1.807, 2.05) is 79.7 Å². The van der Waals surface area contributed by atoms with E-state index in [1.54, 1.807) is 6.21 Å². The van der Waals surface area contributed by atoms with Crippen molar-refractivity contribution in [2.24, 2.45) is 5.10 Å². The predicted molar refractivity (Wildman–Crippen MR) is 145 cm³/mol. The molecule has 0 aliphatic rings. The number of hydrogen-bond donors (Lipinski definition) is 1. The number of hydrogen-bond acceptors (Lipinski definition) is 3. The van der Waals surface area contributed by atoms with Crippen molar-refractivity contribution in [3.63, 3.8) is 0 Å². The summed E-state index contributed by atoms with van der Waals surface area (Å²) in [6, 6.07) is 29.5. The average molecular weight is 523 g/mol. The fourth-order valence-electron chi connectivity index (χ4n) is 4.25. The molecule has 0 aliphatic carbocycles. The summed E-state index contributed by atoms with van der Waals surface area (Å²) in [6.07, 6.45) is 1.69. The number of rotatable bonds is 5. The summed E-state index contributed by atoms with van der Waals surface area (Å²) in [5.74, 6) is -0.279. The van der Waals surface area contributed by atoms with Crippen LogP contribution in [0, 0.1) is 13.8 Å². The summed E-state index contributed by atoms with van der Waals surface area (Å²) in [6.45, 7) is 4.10. The lowest BCUT2D eigenvalue weighted by atomic mass is 10.0. The smallest absolute Gasteiger partial charge is 0.272 e. The van der Waals surface area contributed by atoms with Crippen molar-refractivity contribution >= 4 is 39.0 Å². The molecule has 0 fully saturated rings. The number of pyridine rings is 1. The van der Waals surface area contributed by atoms with Crippen molar-refractivity contribution in [3.05, 3.63) is 118 Å². The summed E-state index contributed by atoms with van der Waals surface area (Å²) in [5.41, 5.74) is 9.86. The minimum atomic E-state index is -0.279. The molecule has 35 heavy (non-hydrogen) atoms. The predicted octanol–water partition coefficient (Wildman–Crippen LogP) is 6.84. The Kier molecular flexibility index (Phi) is 6.29. The summed E-state index contributed by atoms with van der Waals surface area (Å²) >= 11 is 3.49. The van der Waals surface area contributed by atoms with Crippen molar-refractivity contribution < 1.29 is 4.79 Å². The third-order valence-corrected chi connectivity index (χ3v) is 6.48. The third kappa shape index (κ3) is 4.66. The van der Waals surface area contributed by atoms with Gasteiger partial charge in [-0.15, -0.1) is 0 Å². The van der Waals surface area contributed by atoms with E-state index in [9.17, 15) is 4.79 Å². The Morgan fingerprint density at radius 1 is 0.943 bits per heavy atom. The minimum absolute atomic E-state index is 0.279. The standard InChI is InChI=1S/C29H23BrN4O/c1-19-16-22(20(2)34(19)24-14-12-23(30)13-15-24)18-31-33-29(35)26-17-28(21-8-4-3-5-9-21)32-27-11-7-6-10-25(26)27/h3-18H,1-2H3,(H,33,35)/b31-18-. The first kappa shape index (κ1) is 22.7. The zero-order valence-corrected chi connectivity index (χ0v) is 21.0. The molecule has 2 aromatic heterocycles. The van der Waals surface area contributed by atoms with Gasteiger partial charge in [0.05, 0.1) is 23.0 Å². The van der Waals surface area contributed by atoms with Crippen LogP contribution in [0.15, 0.2) is 101 Å². The molecule has 0 unspecified atom stereocenters. The first-order valence-corrected chi connectivity index (χ1v) is 12.0. The number of carbonyl (C=O) groups is 1. The normalized spacial score (nSPS) is 11.3. The Morgan fingerprint density at radius 3 is 2.43 bits per heavy atom. The number of para-hydroxylation sites is 1. The molecular weight excluding hydrogens is 500 g/mol. The second-order valence-electron chi connectivity index (χ2n) is 8.28. The molecule has 5 rings (SSSR count). The van der Waals surface area contributed by atoms with E-state index in [0.29, 0.717) is 5.56 Å². The van der Waals surface area contributed by atoms with Crippen LogP contribution in [-0.4, -0.2) is 21.7 Å². The molecule has 3 aromatic carbocycles. The molecule has 0 radical (unpaired) electrons. The van der Waals surface area contributed by atoms with Crippen LogP contribution in [-0.2, 0) is 0 Å². The van der Waals surface area contributed by atoms with Crippen LogP contribution in [0.1, 0.15) is 27.3 Å². The summed E-state index contributed by atoms with van der Waals surface area (Å²) in [5, 5.41) is 5.07. The topological polar surface area (TPSA) is 59.3 Å². The lowest BCUT2D eigenvalue weighted by Gasteiger charge is -2.10. The Labute approximate surface area is 212 Å². The number of nitrogens with one attached hydrogen (secondary N) is 1. The number of carbonyl (C=O) groups excluding carboxylic acids is 1. The summed E-state index contributed by atoms with van der Waals surface area (Å²) in [4.78, 5) is 17.9. The number of halogens is 1. The van der Waals surface area contributed by atoms with Crippen LogP contribution >= 0.6 is 15.9 Å². The van der Waals surface area contributed by atoms with Crippen molar-refractivity contribution in [2.75, 3.05) is 0 Å². The molecule has 5 nitrogen and oxygen atoms in total. The van der Waals surface area contributed by atoms with Crippen molar-refractivity contribution in [1.82, 2.24) is 15.0 Å². The molecule has 0 bridgehead atoms. The highest BCUT2D eigenvalue weighted by atomic mass is 79.9. The van der Waals surface area contributed by atoms with Gasteiger partial charge in [-0.3, -0.25) is 4.79 Å². The Bertz CT molecular complexity index is 1550. The van der Waals surface area contributed by atoms with Crippen LogP contribution in [0.3, 0.4) is 0 Å². The number of amides is 1. The first-order chi connectivity index (χ1) is 17.0. The number of fused-ring (bicyclic) bond motifs is 1. The average Bonchev–Trinajstić information content (AvgIpc) is 3.17. The van der Waals surface area contributed by atoms with Crippen molar-refractivity contribution in [3.8, 4) is 16.9 Å². The molecule has 172 valence electrons. The van der Waals surface area contributed by atoms with Crippen LogP contribution in [0.4, 0.5) is 0 Å². The number of aromatic nitrogens is 2. The molecular formula is C29H23BrN4O.